The quantitative estimate of drug-likeness (QED) is 0.632. The van der Waals surface area contributed by atoms with E-state index in [1.807, 2.05) is 0 Å². The molecule has 4 fully saturated rings. The fraction of sp³-hybridized carbons (Fsp3) is 0.917. The maximum atomic E-state index is 11.6. The van der Waals surface area contributed by atoms with Crippen molar-refractivity contribution in [1.29, 1.82) is 0 Å². The van der Waals surface area contributed by atoms with Gasteiger partial charge in [0.1, 0.15) is 18.3 Å². The second-order valence-electron chi connectivity index (χ2n) is 5.86. The Balaban J connectivity index is 1.74. The fourth-order valence-electron chi connectivity index (χ4n) is 3.60. The van der Waals surface area contributed by atoms with E-state index in [2.05, 4.69) is 0 Å². The number of aliphatic hydroxyl groups is 1. The molecule has 0 aromatic carbocycles. The lowest BCUT2D eigenvalue weighted by Crippen LogP contribution is -2.53. The third-order valence-corrected chi connectivity index (χ3v) is 4.23. The van der Waals surface area contributed by atoms with Crippen LogP contribution in [0.1, 0.15) is 20.3 Å². The highest BCUT2D eigenvalue weighted by Crippen LogP contribution is 2.55. The van der Waals surface area contributed by atoms with Crippen molar-refractivity contribution in [3.8, 4) is 0 Å². The van der Waals surface area contributed by atoms with Gasteiger partial charge in [-0.3, -0.25) is 4.79 Å². The average molecular weight is 272 g/mol. The molecular formula is C12H16O7. The molecular weight excluding hydrogens is 256 g/mol. The van der Waals surface area contributed by atoms with Crippen LogP contribution in [-0.4, -0.2) is 59.8 Å². The van der Waals surface area contributed by atoms with Gasteiger partial charge in [0.15, 0.2) is 23.8 Å². The number of esters is 1. The Morgan fingerprint density at radius 1 is 1.26 bits per heavy atom. The Morgan fingerprint density at radius 2 is 2.05 bits per heavy atom. The molecule has 4 rings (SSSR count). The van der Waals surface area contributed by atoms with Gasteiger partial charge in [0.25, 0.3) is 0 Å². The van der Waals surface area contributed by atoms with E-state index in [0.717, 1.165) is 0 Å². The van der Waals surface area contributed by atoms with E-state index in [4.69, 9.17) is 23.7 Å². The maximum absolute atomic E-state index is 11.6. The number of hydrogen-bond donors (Lipinski definition) is 1. The van der Waals surface area contributed by atoms with Crippen molar-refractivity contribution in [1.82, 2.24) is 0 Å². The van der Waals surface area contributed by atoms with Crippen molar-refractivity contribution in [3.05, 3.63) is 0 Å². The molecule has 4 aliphatic rings. The summed E-state index contributed by atoms with van der Waals surface area (Å²) in [4.78, 5) is 11.6. The summed E-state index contributed by atoms with van der Waals surface area (Å²) in [5.74, 6) is -1.12. The Morgan fingerprint density at radius 3 is 2.79 bits per heavy atom. The Bertz CT molecular complexity index is 436. The van der Waals surface area contributed by atoms with Crippen LogP contribution in [0.2, 0.25) is 0 Å². The largest absolute Gasteiger partial charge is 0.450 e. The van der Waals surface area contributed by atoms with E-state index in [-0.39, 0.29) is 19.0 Å². The van der Waals surface area contributed by atoms with Gasteiger partial charge in [0.05, 0.1) is 13.0 Å². The molecule has 1 unspecified atom stereocenters. The Labute approximate surface area is 109 Å². The van der Waals surface area contributed by atoms with Crippen LogP contribution < -0.4 is 0 Å². The van der Waals surface area contributed by atoms with Crippen LogP contribution in [-0.2, 0) is 28.5 Å². The van der Waals surface area contributed by atoms with Crippen LogP contribution in [0.15, 0.2) is 0 Å². The summed E-state index contributed by atoms with van der Waals surface area (Å²) in [6.45, 7) is 3.38. The summed E-state index contributed by atoms with van der Waals surface area (Å²) in [5, 5.41) is 9.37. The third kappa shape index (κ3) is 1.37. The molecule has 4 saturated heterocycles. The van der Waals surface area contributed by atoms with Gasteiger partial charge in [-0.15, -0.1) is 0 Å². The van der Waals surface area contributed by atoms with E-state index in [0.29, 0.717) is 0 Å². The molecule has 0 saturated carbocycles. The van der Waals surface area contributed by atoms with Gasteiger partial charge in [-0.1, -0.05) is 0 Å². The first-order chi connectivity index (χ1) is 8.96. The third-order valence-electron chi connectivity index (χ3n) is 4.23. The highest BCUT2D eigenvalue weighted by atomic mass is 16.9. The molecule has 1 spiro atoms. The second-order valence-corrected chi connectivity index (χ2v) is 5.86. The molecule has 0 aliphatic carbocycles. The highest BCUT2D eigenvalue weighted by molar-refractivity contribution is 5.74. The molecule has 7 nitrogen and oxygen atoms in total. The van der Waals surface area contributed by atoms with Crippen molar-refractivity contribution >= 4 is 5.97 Å². The van der Waals surface area contributed by atoms with Gasteiger partial charge in [-0.05, 0) is 13.8 Å². The zero-order valence-corrected chi connectivity index (χ0v) is 10.7. The second kappa shape index (κ2) is 3.48. The van der Waals surface area contributed by atoms with E-state index in [1.54, 1.807) is 13.8 Å². The molecule has 4 heterocycles. The van der Waals surface area contributed by atoms with Gasteiger partial charge in [-0.2, -0.15) is 0 Å². The molecule has 0 aromatic heterocycles. The number of ether oxygens (including phenoxy) is 5. The van der Waals surface area contributed by atoms with Gasteiger partial charge >= 0.3 is 5.97 Å². The minimum Gasteiger partial charge on any atom is -0.450 e. The number of fused-ring (bicyclic) bond motifs is 1. The predicted octanol–water partition coefficient (Wildman–Crippen LogP) is -0.692. The van der Waals surface area contributed by atoms with E-state index >= 15 is 0 Å². The maximum Gasteiger partial charge on any atom is 0.309 e. The molecule has 4 aliphatic heterocycles. The molecule has 0 bridgehead atoms. The summed E-state index contributed by atoms with van der Waals surface area (Å²) in [6.07, 6.45) is -2.45. The SMILES string of the molecule is CC1(C)O[C@H]2O[C@@H]3C(CO)O[C@H]4CC(=O)O[C@]43[C@H]2O1. The van der Waals surface area contributed by atoms with Crippen molar-refractivity contribution in [2.45, 2.75) is 62.4 Å². The fourth-order valence-corrected chi connectivity index (χ4v) is 3.60. The summed E-state index contributed by atoms with van der Waals surface area (Å²) >= 11 is 0. The first-order valence-electron chi connectivity index (χ1n) is 6.45. The molecule has 1 N–H and O–H groups in total. The number of aliphatic hydroxyl groups excluding tert-OH is 1. The molecule has 0 aromatic rings. The lowest BCUT2D eigenvalue weighted by molar-refractivity contribution is -0.228. The lowest BCUT2D eigenvalue weighted by atomic mass is 9.87. The minimum atomic E-state index is -0.983. The normalized spacial score (nSPS) is 53.8. The zero-order chi connectivity index (χ0) is 13.4. The monoisotopic (exact) mass is 272 g/mol. The predicted molar refractivity (Wildman–Crippen MR) is 57.9 cm³/mol. The molecule has 19 heavy (non-hydrogen) atoms. The summed E-state index contributed by atoms with van der Waals surface area (Å²) < 4.78 is 28.5. The molecule has 0 amide bonds. The standard InChI is InChI=1S/C12H16O7/c1-11(2)18-9-10(19-11)16-8-5(4-13)15-6-3-7(14)17-12(6,8)9/h5-6,8-10,13H,3-4H2,1-2H3/t5?,6-,8+,9-,10+,12+/m0/s1. The van der Waals surface area contributed by atoms with Gasteiger partial charge in [0.2, 0.25) is 0 Å². The van der Waals surface area contributed by atoms with Crippen molar-refractivity contribution in [2.75, 3.05) is 6.61 Å². The van der Waals surface area contributed by atoms with Crippen LogP contribution in [0.5, 0.6) is 0 Å². The van der Waals surface area contributed by atoms with E-state index in [1.165, 1.54) is 0 Å². The average Bonchev–Trinajstić information content (AvgIpc) is 2.94. The van der Waals surface area contributed by atoms with Crippen LogP contribution in [0.3, 0.4) is 0 Å². The lowest BCUT2D eigenvalue weighted by Gasteiger charge is -2.30. The van der Waals surface area contributed by atoms with Crippen molar-refractivity contribution < 1.29 is 33.6 Å². The molecule has 6 atom stereocenters. The van der Waals surface area contributed by atoms with E-state index in [9.17, 15) is 9.90 Å². The van der Waals surface area contributed by atoms with Gasteiger partial charge < -0.3 is 28.8 Å². The number of carbonyl (C=O) groups excluding carboxylic acids is 1. The number of hydrogen-bond acceptors (Lipinski definition) is 7. The molecule has 0 radical (unpaired) electrons. The summed E-state index contributed by atoms with van der Waals surface area (Å²) in [5.41, 5.74) is -0.983. The van der Waals surface area contributed by atoms with Gasteiger partial charge in [-0.25, -0.2) is 0 Å². The van der Waals surface area contributed by atoms with Crippen LogP contribution in [0.25, 0.3) is 0 Å². The highest BCUT2D eigenvalue weighted by Gasteiger charge is 2.76. The Kier molecular flexibility index (Phi) is 2.20. The van der Waals surface area contributed by atoms with Gasteiger partial charge in [0, 0.05) is 0 Å². The van der Waals surface area contributed by atoms with Crippen LogP contribution in [0, 0.1) is 0 Å². The molecule has 7 heteroatoms. The smallest absolute Gasteiger partial charge is 0.309 e. The zero-order valence-electron chi connectivity index (χ0n) is 10.7. The first-order valence-corrected chi connectivity index (χ1v) is 6.45. The molecule has 106 valence electrons. The van der Waals surface area contributed by atoms with Crippen LogP contribution in [0.4, 0.5) is 0 Å². The summed E-state index contributed by atoms with van der Waals surface area (Å²) in [6, 6.07) is 0. The number of rotatable bonds is 1. The summed E-state index contributed by atoms with van der Waals surface area (Å²) in [7, 11) is 0. The van der Waals surface area contributed by atoms with E-state index < -0.39 is 42.1 Å². The minimum absolute atomic E-state index is 0.156. The van der Waals surface area contributed by atoms with Crippen LogP contribution >= 0.6 is 0 Å². The van der Waals surface area contributed by atoms with Crippen molar-refractivity contribution in [3.63, 3.8) is 0 Å². The Hall–Kier alpha value is -0.730. The number of carbonyl (C=O) groups is 1. The van der Waals surface area contributed by atoms with Crippen molar-refractivity contribution in [2.24, 2.45) is 0 Å². The first kappa shape index (κ1) is 12.0. The topological polar surface area (TPSA) is 83.5 Å².